The summed E-state index contributed by atoms with van der Waals surface area (Å²) >= 11 is 6.20. The minimum atomic E-state index is -4.19. The Hall–Kier alpha value is -15.6. The SMILES string of the molecule is CC(=O)NS(=O)(=O)c1ccc(CC2=CC(=O)c3c(cccc3S(N)(=O)=O)C2=O)cc1.CCCc1cc(O)cc(CC2=CC(=O)c3c(cccc3S(N)(=O)=O)C2=O)c1.Cc1ccc(CC2=CC(=O)c3c(cccc3S(N)(=O)=O)C2=O)c(Cl)c1.Cc1ccc(OC(=O)Cc2ccccc2S(N)(=O)=O)cc1.NS(=O)(=O)c1cccc2c1C(=O)C=C(Cc1ccccc1)C2=O.NS(=O)(=O)c1cccc2c1C(=O)C=C(Cc1cccnc1)C2=O. The van der Waals surface area contributed by atoms with E-state index in [0.29, 0.717) is 50.6 Å². The monoisotopic (exact) mass is 2170 g/mol. The summed E-state index contributed by atoms with van der Waals surface area (Å²) in [4.78, 5) is 151. The lowest BCUT2D eigenvalue weighted by molar-refractivity contribution is -0.133. The number of benzene rings is 11. The molecule has 0 saturated carbocycles. The van der Waals surface area contributed by atoms with E-state index in [1.807, 2.05) is 80.1 Å². The Bertz CT molecular complexity index is 8540. The van der Waals surface area contributed by atoms with Crippen LogP contribution in [0.1, 0.15) is 174 Å². The summed E-state index contributed by atoms with van der Waals surface area (Å²) in [6.45, 7) is 6.92. The molecule has 0 spiro atoms. The number of halogens is 1. The maximum atomic E-state index is 12.8. The number of primary sulfonamides is 6. The van der Waals surface area contributed by atoms with Crippen LogP contribution in [0.3, 0.4) is 0 Å². The van der Waals surface area contributed by atoms with Gasteiger partial charge in [0.25, 0.3) is 10.0 Å². The summed E-state index contributed by atoms with van der Waals surface area (Å²) < 4.78 is 171. The lowest BCUT2D eigenvalue weighted by atomic mass is 9.86. The molecular formula is C105H89ClN8O28S7. The first-order valence-corrected chi connectivity index (χ1v) is 55.3. The predicted octanol–water partition coefficient (Wildman–Crippen LogP) is 11.0. The molecule has 0 fully saturated rings. The van der Waals surface area contributed by atoms with Gasteiger partial charge in [-0.15, -0.1) is 0 Å². The van der Waals surface area contributed by atoms with Gasteiger partial charge in [-0.05, 0) is 180 Å². The van der Waals surface area contributed by atoms with Crippen molar-refractivity contribution in [3.63, 3.8) is 0 Å². The van der Waals surface area contributed by atoms with Crippen LogP contribution < -0.4 is 40.3 Å². The Labute approximate surface area is 860 Å². The Morgan fingerprint density at radius 2 is 0.685 bits per heavy atom. The summed E-state index contributed by atoms with van der Waals surface area (Å²) in [6.07, 6.45) is 11.4. The van der Waals surface area contributed by atoms with Gasteiger partial charge in [-0.1, -0.05) is 188 Å². The quantitative estimate of drug-likeness (QED) is 0.0218. The maximum Gasteiger partial charge on any atom is 0.315 e. The van der Waals surface area contributed by atoms with Crippen LogP contribution >= 0.6 is 11.6 Å². The van der Waals surface area contributed by atoms with Crippen molar-refractivity contribution >= 4 is 151 Å². The largest absolute Gasteiger partial charge is 0.508 e. The van der Waals surface area contributed by atoms with Gasteiger partial charge in [0, 0.05) is 112 Å². The van der Waals surface area contributed by atoms with Crippen molar-refractivity contribution < 1.29 is 126 Å². The molecule has 0 radical (unpaired) electrons. The van der Waals surface area contributed by atoms with Crippen molar-refractivity contribution in [3.8, 4) is 11.5 Å². The number of sulfonamides is 7. The summed E-state index contributed by atoms with van der Waals surface area (Å²) in [6, 6.07) is 61.9. The molecule has 0 aliphatic heterocycles. The number of phenolic OH excluding ortho intramolecular Hbond substituents is 1. The van der Waals surface area contributed by atoms with Gasteiger partial charge in [0.2, 0.25) is 66.0 Å². The topological polar surface area (TPSA) is 654 Å². The minimum absolute atomic E-state index is 0.0179. The number of fused-ring (bicyclic) bond motifs is 5. The highest BCUT2D eigenvalue weighted by Crippen LogP contribution is 2.37. The van der Waals surface area contributed by atoms with Crippen LogP contribution in [0.5, 0.6) is 11.5 Å². The number of nitrogens with one attached hydrogen (secondary N) is 1. The third-order valence-corrected chi connectivity index (χ3v) is 30.4. The van der Waals surface area contributed by atoms with Crippen LogP contribution in [0.4, 0.5) is 0 Å². The molecule has 11 aromatic carbocycles. The lowest BCUT2D eigenvalue weighted by Crippen LogP contribution is -2.28. The molecule has 44 heteroatoms. The number of ether oxygens (including phenoxy) is 1. The number of esters is 1. The molecule has 0 atom stereocenters. The first-order valence-electron chi connectivity index (χ1n) is 44.2. The van der Waals surface area contributed by atoms with E-state index in [1.165, 1.54) is 133 Å². The summed E-state index contributed by atoms with van der Waals surface area (Å²) in [7, 11) is -28.5. The number of pyridine rings is 1. The van der Waals surface area contributed by atoms with E-state index >= 15 is 0 Å². The number of carbonyl (C=O) groups is 12. The molecule has 0 saturated heterocycles. The molecule has 0 unspecified atom stereocenters. The fourth-order valence-corrected chi connectivity index (χ4v) is 22.1. The number of nitrogens with zero attached hydrogens (tertiary/aromatic N) is 1. The van der Waals surface area contributed by atoms with Crippen molar-refractivity contribution in [1.82, 2.24) is 9.71 Å². The molecule has 766 valence electrons. The smallest absolute Gasteiger partial charge is 0.315 e. The Balaban J connectivity index is 0.000000159. The van der Waals surface area contributed by atoms with E-state index in [-0.39, 0.29) is 151 Å². The Kier molecular flexibility index (Phi) is 34.8. The molecule has 1 heterocycles. The number of rotatable bonds is 23. The molecule has 14 N–H and O–H groups in total. The number of hydrogen-bond donors (Lipinski definition) is 8. The molecule has 1 amide bonds. The molecule has 12 aromatic rings. The zero-order valence-corrected chi connectivity index (χ0v) is 85.4. The molecular weight excluding hydrogens is 2080 g/mol. The number of aromatic nitrogens is 1. The van der Waals surface area contributed by atoms with E-state index in [4.69, 9.17) is 47.2 Å². The Morgan fingerprint density at radius 1 is 0.349 bits per heavy atom. The van der Waals surface area contributed by atoms with Gasteiger partial charge >= 0.3 is 5.97 Å². The van der Waals surface area contributed by atoms with Crippen molar-refractivity contribution in [2.24, 2.45) is 30.8 Å². The Morgan fingerprint density at radius 3 is 1.05 bits per heavy atom. The molecule has 0 bridgehead atoms. The van der Waals surface area contributed by atoms with Gasteiger partial charge < -0.3 is 9.84 Å². The van der Waals surface area contributed by atoms with Gasteiger partial charge in [0.1, 0.15) is 11.5 Å². The van der Waals surface area contributed by atoms with Crippen LogP contribution in [0.25, 0.3) is 0 Å². The van der Waals surface area contributed by atoms with Gasteiger partial charge in [0.15, 0.2) is 57.8 Å². The molecule has 5 aliphatic carbocycles. The van der Waals surface area contributed by atoms with E-state index in [1.54, 1.807) is 73.1 Å². The second-order valence-electron chi connectivity index (χ2n) is 33.9. The highest BCUT2D eigenvalue weighted by Gasteiger charge is 2.38. The number of allylic oxidation sites excluding steroid dienone is 10. The first-order chi connectivity index (χ1) is 69.9. The normalized spacial score (nSPS) is 13.8. The second kappa shape index (κ2) is 46.2. The van der Waals surface area contributed by atoms with E-state index < -0.39 is 133 Å². The number of amides is 1. The fraction of sp³-hybridized carbons (Fsp3) is 0.114. The lowest BCUT2D eigenvalue weighted by Gasteiger charge is -2.17. The maximum absolute atomic E-state index is 12.8. The minimum Gasteiger partial charge on any atom is -0.508 e. The van der Waals surface area contributed by atoms with Crippen molar-refractivity contribution in [2.45, 2.75) is 113 Å². The third-order valence-electron chi connectivity index (χ3n) is 22.8. The predicted molar refractivity (Wildman–Crippen MR) is 546 cm³/mol. The van der Waals surface area contributed by atoms with Crippen LogP contribution in [-0.2, 0) is 125 Å². The standard InChI is InChI=1S/C20H19NO5S.C19H16N2O7S2.C18H14ClNO4S.C17H13NO4S.C16H12N2O4S.C15H15NO4S/c1-2-4-12-7-13(10-15(22)9-12)8-14-11-17(23)19-16(20(14)24)5-3-6-18(19)27(21,25)26;1-11(22)21-30(27,28)14-7-5-12(6-8-14)9-13-10-16(23)18-15(19(13)24)3-2-4-17(18)29(20,25)26;1-10-5-6-11(14(19)7-10)8-12-9-15(21)17-13(18(12)22)3-2-4-16(17)25(20,23)24;18-23(21,22)15-8-4-7-13-16(15)14(19)10-12(17(13)20)9-11-5-2-1-3-6-11;17-23(21,22)14-5-1-4-12-15(14)13(19)8-11(16(12)20)7-10-3-2-6-18-9-10;1-11-6-8-13(9-7-11)20-15(17)10-12-4-2-3-5-14(12)21(16,18)19/h3,5-7,9-11,22H,2,4,8H2,1H3,(H2,21,25,26);2-8,10H,9H2,1H3,(H,21,22)(H2,20,25,26);2-7,9H,8H2,1H3,(H2,20,23,24);1-8,10H,9H2,(H2,18,21,22);1-6,8-9H,7H2,(H2,17,21,22);2-9H,10H2,1H3,(H2,16,18,19). The van der Waals surface area contributed by atoms with E-state index in [0.717, 1.165) is 71.9 Å². The van der Waals surface area contributed by atoms with Crippen molar-refractivity contribution in [1.29, 1.82) is 0 Å². The molecule has 36 nitrogen and oxygen atoms in total. The number of phenols is 1. The highest BCUT2D eigenvalue weighted by atomic mass is 35.5. The number of carbonyl (C=O) groups excluding carboxylic acids is 12. The van der Waals surface area contributed by atoms with Gasteiger partial charge in [-0.3, -0.25) is 62.5 Å². The average molecular weight is 2170 g/mol. The average Bonchev–Trinajstić information content (AvgIpc) is 0.777. The second-order valence-corrected chi connectivity index (χ2v) is 45.2. The number of aryl methyl sites for hydroxylation is 3. The van der Waals surface area contributed by atoms with Gasteiger partial charge in [-0.2, -0.15) is 0 Å². The summed E-state index contributed by atoms with van der Waals surface area (Å²) in [5.41, 5.74) is 7.41. The summed E-state index contributed by atoms with van der Waals surface area (Å²) in [5.74, 6) is -5.69. The van der Waals surface area contributed by atoms with Gasteiger partial charge in [0.05, 0.1) is 68.5 Å². The van der Waals surface area contributed by atoms with Crippen molar-refractivity contribution in [3.05, 3.63) is 424 Å². The molecule has 149 heavy (non-hydrogen) atoms. The third kappa shape index (κ3) is 27.8. The van der Waals surface area contributed by atoms with Crippen LogP contribution in [0.15, 0.2) is 348 Å². The van der Waals surface area contributed by atoms with Gasteiger partial charge in [-0.25, -0.2) is 94.5 Å². The number of nitrogens with two attached hydrogens (primary N) is 6. The molecule has 17 rings (SSSR count). The number of ketones is 10. The van der Waals surface area contributed by atoms with Crippen LogP contribution in [0, 0.1) is 13.8 Å². The molecule has 5 aliphatic rings. The number of hydrogen-bond acceptors (Lipinski definition) is 29. The highest BCUT2D eigenvalue weighted by molar-refractivity contribution is 7.91. The number of Topliss-reactive ketones (excluding diaryl/α,β-unsaturated/α-hetero) is 5. The zero-order valence-electron chi connectivity index (χ0n) is 78.9. The van der Waals surface area contributed by atoms with Crippen LogP contribution in [0.2, 0.25) is 5.02 Å². The number of aromatic hydroxyl groups is 1. The zero-order chi connectivity index (χ0) is 109. The molecule has 1 aromatic heterocycles. The van der Waals surface area contributed by atoms with Crippen LogP contribution in [-0.4, -0.2) is 139 Å². The van der Waals surface area contributed by atoms with E-state index in [9.17, 15) is 122 Å². The summed E-state index contributed by atoms with van der Waals surface area (Å²) in [5, 5.41) is 41.2. The fourth-order valence-electron chi connectivity index (χ4n) is 16.2. The first kappa shape index (κ1) is 112. The van der Waals surface area contributed by atoms with Crippen molar-refractivity contribution in [2.75, 3.05) is 0 Å². The van der Waals surface area contributed by atoms with E-state index in [2.05, 4.69) is 4.98 Å².